The van der Waals surface area contributed by atoms with E-state index in [4.69, 9.17) is 0 Å². The molecule has 2 aliphatic rings. The van der Waals surface area contributed by atoms with Crippen molar-refractivity contribution in [2.24, 2.45) is 5.41 Å². The molecule has 19 heavy (non-hydrogen) atoms. The Hall–Kier alpha value is -1.37. The maximum Gasteiger partial charge on any atom is 0.156 e. The monoisotopic (exact) mass is 254 g/mol. The molecule has 1 nitrogen and oxygen atoms in total. The van der Waals surface area contributed by atoms with Gasteiger partial charge in [0.15, 0.2) is 5.78 Å². The summed E-state index contributed by atoms with van der Waals surface area (Å²) >= 11 is 0. The number of carbonyl (C=O) groups excluding carboxylic acids is 1. The maximum atomic E-state index is 11.8. The topological polar surface area (TPSA) is 17.1 Å². The van der Waals surface area contributed by atoms with Crippen LogP contribution in [0.15, 0.2) is 29.8 Å². The largest absolute Gasteiger partial charge is 0.295 e. The molecule has 0 bridgehead atoms. The molecule has 0 saturated carbocycles. The van der Waals surface area contributed by atoms with Crippen LogP contribution >= 0.6 is 0 Å². The van der Waals surface area contributed by atoms with Gasteiger partial charge in [-0.25, -0.2) is 0 Å². The average molecular weight is 254 g/mol. The van der Waals surface area contributed by atoms with Gasteiger partial charge in [0.1, 0.15) is 0 Å². The van der Waals surface area contributed by atoms with Gasteiger partial charge < -0.3 is 0 Å². The fraction of sp³-hybridized carbons (Fsp3) is 0.500. The summed E-state index contributed by atoms with van der Waals surface area (Å²) in [6, 6.07) is 6.89. The minimum Gasteiger partial charge on any atom is -0.295 e. The van der Waals surface area contributed by atoms with Crippen LogP contribution in [0, 0.1) is 5.41 Å². The summed E-state index contributed by atoms with van der Waals surface area (Å²) in [6.45, 7) is 4.39. The first-order valence-electron chi connectivity index (χ1n) is 7.35. The minimum absolute atomic E-state index is 0.137. The zero-order chi connectivity index (χ0) is 13.5. The van der Waals surface area contributed by atoms with E-state index in [1.807, 2.05) is 6.08 Å². The van der Waals surface area contributed by atoms with Gasteiger partial charge in [0.05, 0.1) is 0 Å². The van der Waals surface area contributed by atoms with Crippen LogP contribution in [0.3, 0.4) is 0 Å². The van der Waals surface area contributed by atoms with Crippen molar-refractivity contribution in [3.63, 3.8) is 0 Å². The molecule has 0 fully saturated rings. The molecular weight excluding hydrogens is 232 g/mol. The summed E-state index contributed by atoms with van der Waals surface area (Å²) in [4.78, 5) is 11.8. The number of rotatable bonds is 2. The third kappa shape index (κ3) is 2.80. The highest BCUT2D eigenvalue weighted by molar-refractivity contribution is 5.91. The number of carbonyl (C=O) groups is 1. The van der Waals surface area contributed by atoms with Crippen molar-refractivity contribution in [2.75, 3.05) is 0 Å². The van der Waals surface area contributed by atoms with Crippen LogP contribution in [0.1, 0.15) is 49.8 Å². The standard InChI is InChI=1S/C18H22O/c1-18(2)11-14(10-17(19)12-18)8-13-6-7-15-4-3-5-16(15)9-13/h6-7,9-10H,3-5,8,11-12H2,1-2H3. The predicted molar refractivity (Wildman–Crippen MR) is 78.3 cm³/mol. The molecule has 0 radical (unpaired) electrons. The Morgan fingerprint density at radius 3 is 2.68 bits per heavy atom. The average Bonchev–Trinajstić information content (AvgIpc) is 2.73. The van der Waals surface area contributed by atoms with Crippen molar-refractivity contribution in [1.29, 1.82) is 0 Å². The van der Waals surface area contributed by atoms with E-state index in [0.29, 0.717) is 12.2 Å². The van der Waals surface area contributed by atoms with Crippen molar-refractivity contribution < 1.29 is 4.79 Å². The molecule has 0 aliphatic heterocycles. The second-order valence-corrected chi connectivity index (χ2v) is 6.92. The molecule has 0 spiro atoms. The first-order chi connectivity index (χ1) is 9.02. The molecule has 1 aromatic carbocycles. The summed E-state index contributed by atoms with van der Waals surface area (Å²) in [5.41, 5.74) is 5.87. The Balaban J connectivity index is 1.80. The lowest BCUT2D eigenvalue weighted by atomic mass is 9.75. The van der Waals surface area contributed by atoms with Crippen LogP contribution in [0.5, 0.6) is 0 Å². The van der Waals surface area contributed by atoms with Crippen LogP contribution in [-0.4, -0.2) is 5.78 Å². The molecule has 0 aromatic heterocycles. The quantitative estimate of drug-likeness (QED) is 0.778. The van der Waals surface area contributed by atoms with Crippen LogP contribution in [0.4, 0.5) is 0 Å². The molecular formula is C18H22O. The zero-order valence-corrected chi connectivity index (χ0v) is 12.0. The van der Waals surface area contributed by atoms with Gasteiger partial charge in [0.2, 0.25) is 0 Å². The third-order valence-corrected chi connectivity index (χ3v) is 4.32. The van der Waals surface area contributed by atoms with E-state index >= 15 is 0 Å². The Kier molecular flexibility index (Phi) is 3.08. The molecule has 0 heterocycles. The molecule has 1 aromatic rings. The Labute approximate surface area is 115 Å². The summed E-state index contributed by atoms with van der Waals surface area (Å²) < 4.78 is 0. The Morgan fingerprint density at radius 1 is 1.11 bits per heavy atom. The molecule has 0 N–H and O–H groups in total. The van der Waals surface area contributed by atoms with E-state index in [-0.39, 0.29) is 5.41 Å². The van der Waals surface area contributed by atoms with Gasteiger partial charge in [0.25, 0.3) is 0 Å². The van der Waals surface area contributed by atoms with E-state index < -0.39 is 0 Å². The molecule has 0 amide bonds. The molecule has 0 saturated heterocycles. The third-order valence-electron chi connectivity index (χ3n) is 4.32. The van der Waals surface area contributed by atoms with E-state index in [0.717, 1.165) is 12.8 Å². The first kappa shape index (κ1) is 12.7. The van der Waals surface area contributed by atoms with Crippen molar-refractivity contribution in [3.05, 3.63) is 46.5 Å². The second-order valence-electron chi connectivity index (χ2n) is 6.92. The van der Waals surface area contributed by atoms with Gasteiger partial charge in [-0.1, -0.05) is 37.6 Å². The summed E-state index contributed by atoms with van der Waals surface area (Å²) in [5, 5.41) is 0. The van der Waals surface area contributed by atoms with Crippen molar-refractivity contribution >= 4 is 5.78 Å². The lowest BCUT2D eigenvalue weighted by Gasteiger charge is -2.29. The van der Waals surface area contributed by atoms with Crippen LogP contribution in [0.2, 0.25) is 0 Å². The van der Waals surface area contributed by atoms with Gasteiger partial charge in [-0.15, -0.1) is 0 Å². The number of hydrogen-bond donors (Lipinski definition) is 0. The number of hydrogen-bond acceptors (Lipinski definition) is 1. The fourth-order valence-corrected chi connectivity index (χ4v) is 3.59. The summed E-state index contributed by atoms with van der Waals surface area (Å²) in [7, 11) is 0. The Bertz CT molecular complexity index is 549. The summed E-state index contributed by atoms with van der Waals surface area (Å²) in [6.07, 6.45) is 8.35. The smallest absolute Gasteiger partial charge is 0.156 e. The number of fused-ring (bicyclic) bond motifs is 1. The zero-order valence-electron chi connectivity index (χ0n) is 12.0. The normalized spacial score (nSPS) is 21.2. The van der Waals surface area contributed by atoms with Crippen molar-refractivity contribution in [2.45, 2.75) is 52.4 Å². The number of allylic oxidation sites excluding steroid dienone is 2. The van der Waals surface area contributed by atoms with Gasteiger partial charge in [-0.05, 0) is 60.3 Å². The number of benzene rings is 1. The van der Waals surface area contributed by atoms with Crippen molar-refractivity contribution in [1.82, 2.24) is 0 Å². The van der Waals surface area contributed by atoms with Gasteiger partial charge >= 0.3 is 0 Å². The molecule has 3 rings (SSSR count). The Morgan fingerprint density at radius 2 is 1.89 bits per heavy atom. The summed E-state index contributed by atoms with van der Waals surface area (Å²) in [5.74, 6) is 0.299. The highest BCUT2D eigenvalue weighted by atomic mass is 16.1. The van der Waals surface area contributed by atoms with Crippen LogP contribution in [-0.2, 0) is 24.1 Å². The molecule has 0 unspecified atom stereocenters. The molecule has 0 atom stereocenters. The molecule has 1 heteroatoms. The second kappa shape index (κ2) is 4.63. The fourth-order valence-electron chi connectivity index (χ4n) is 3.59. The van der Waals surface area contributed by atoms with E-state index in [1.165, 1.54) is 41.5 Å². The van der Waals surface area contributed by atoms with Gasteiger partial charge in [-0.2, -0.15) is 0 Å². The van der Waals surface area contributed by atoms with Crippen LogP contribution < -0.4 is 0 Å². The SMILES string of the molecule is CC1(C)CC(=O)C=C(Cc2ccc3c(c2)CCC3)C1. The molecule has 2 aliphatic carbocycles. The highest BCUT2D eigenvalue weighted by Gasteiger charge is 2.27. The van der Waals surface area contributed by atoms with Crippen LogP contribution in [0.25, 0.3) is 0 Å². The predicted octanol–water partition coefficient (Wildman–Crippen LogP) is 4.03. The molecule has 100 valence electrons. The lowest BCUT2D eigenvalue weighted by Crippen LogP contribution is -2.22. The minimum atomic E-state index is 0.137. The number of ketones is 1. The highest BCUT2D eigenvalue weighted by Crippen LogP contribution is 2.35. The van der Waals surface area contributed by atoms with E-state index in [9.17, 15) is 4.79 Å². The number of aryl methyl sites for hydroxylation is 2. The maximum absolute atomic E-state index is 11.8. The first-order valence-corrected chi connectivity index (χ1v) is 7.35. The van der Waals surface area contributed by atoms with E-state index in [1.54, 1.807) is 0 Å². The van der Waals surface area contributed by atoms with Crippen molar-refractivity contribution in [3.8, 4) is 0 Å². The van der Waals surface area contributed by atoms with Gasteiger partial charge in [-0.3, -0.25) is 4.79 Å². The van der Waals surface area contributed by atoms with Gasteiger partial charge in [0, 0.05) is 6.42 Å². The van der Waals surface area contributed by atoms with E-state index in [2.05, 4.69) is 32.0 Å². The lowest BCUT2D eigenvalue weighted by molar-refractivity contribution is -0.117.